The van der Waals surface area contributed by atoms with Gasteiger partial charge in [-0.3, -0.25) is 0 Å². The lowest BCUT2D eigenvalue weighted by atomic mass is 10.1. The molecule has 20 heavy (non-hydrogen) atoms. The normalized spacial score (nSPS) is 22.8. The number of benzene rings is 1. The molecule has 1 fully saturated rings. The molecule has 1 aromatic rings. The summed E-state index contributed by atoms with van der Waals surface area (Å²) in [6.07, 6.45) is 0.388. The molecular formula is C15H24FN3O. The van der Waals surface area contributed by atoms with E-state index in [4.69, 9.17) is 0 Å². The van der Waals surface area contributed by atoms with Crippen molar-refractivity contribution in [3.8, 4) is 0 Å². The summed E-state index contributed by atoms with van der Waals surface area (Å²) >= 11 is 0. The van der Waals surface area contributed by atoms with Crippen molar-refractivity contribution in [1.29, 1.82) is 0 Å². The van der Waals surface area contributed by atoms with Crippen LogP contribution in [0.2, 0.25) is 0 Å². The number of hydrogen-bond donors (Lipinski definition) is 2. The molecule has 2 N–H and O–H groups in total. The van der Waals surface area contributed by atoms with E-state index < -0.39 is 0 Å². The van der Waals surface area contributed by atoms with Crippen LogP contribution in [0.4, 0.5) is 10.1 Å². The smallest absolute Gasteiger partial charge is 0.129 e. The maximum Gasteiger partial charge on any atom is 0.129 e. The van der Waals surface area contributed by atoms with E-state index in [1.165, 1.54) is 6.07 Å². The lowest BCUT2D eigenvalue weighted by Gasteiger charge is -2.30. The molecule has 0 radical (unpaired) electrons. The predicted molar refractivity (Wildman–Crippen MR) is 79.5 cm³/mol. The highest BCUT2D eigenvalue weighted by atomic mass is 19.1. The van der Waals surface area contributed by atoms with Crippen molar-refractivity contribution in [2.24, 2.45) is 0 Å². The highest BCUT2D eigenvalue weighted by molar-refractivity contribution is 5.56. The van der Waals surface area contributed by atoms with Crippen molar-refractivity contribution in [2.75, 3.05) is 39.1 Å². The SMILES string of the molecule is CNCc1c(F)cccc1N1CC(O)CC1CN(C)C. The highest BCUT2D eigenvalue weighted by Gasteiger charge is 2.32. The summed E-state index contributed by atoms with van der Waals surface area (Å²) in [5, 5.41) is 13.0. The molecule has 5 heteroatoms. The molecule has 0 aliphatic carbocycles. The largest absolute Gasteiger partial charge is 0.391 e. The first kappa shape index (κ1) is 15.2. The Morgan fingerprint density at radius 1 is 1.45 bits per heavy atom. The average molecular weight is 281 g/mol. The lowest BCUT2D eigenvalue weighted by molar-refractivity contribution is 0.191. The van der Waals surface area contributed by atoms with E-state index in [9.17, 15) is 9.50 Å². The molecule has 0 spiro atoms. The van der Waals surface area contributed by atoms with Crippen molar-refractivity contribution in [2.45, 2.75) is 25.1 Å². The molecule has 112 valence electrons. The number of nitrogens with one attached hydrogen (secondary N) is 1. The van der Waals surface area contributed by atoms with Crippen LogP contribution in [0, 0.1) is 5.82 Å². The Labute approximate surface area is 120 Å². The lowest BCUT2D eigenvalue weighted by Crippen LogP contribution is -2.38. The molecule has 0 amide bonds. The van der Waals surface area contributed by atoms with E-state index in [-0.39, 0.29) is 18.0 Å². The average Bonchev–Trinajstić information content (AvgIpc) is 2.72. The van der Waals surface area contributed by atoms with Gasteiger partial charge < -0.3 is 20.2 Å². The van der Waals surface area contributed by atoms with Crippen LogP contribution in [-0.2, 0) is 6.54 Å². The Balaban J connectivity index is 2.31. The Hall–Kier alpha value is -1.17. The molecule has 1 heterocycles. The van der Waals surface area contributed by atoms with Crippen LogP contribution in [0.5, 0.6) is 0 Å². The van der Waals surface area contributed by atoms with Crippen molar-refractivity contribution >= 4 is 5.69 Å². The summed E-state index contributed by atoms with van der Waals surface area (Å²) in [5.41, 5.74) is 1.57. The zero-order valence-corrected chi connectivity index (χ0v) is 12.4. The molecule has 0 bridgehead atoms. The molecule has 0 saturated carbocycles. The number of β-amino-alcohol motifs (C(OH)–C–C–N with tert-alkyl or cyclic N) is 1. The van der Waals surface area contributed by atoms with Crippen LogP contribution in [0.25, 0.3) is 0 Å². The maximum absolute atomic E-state index is 14.0. The van der Waals surface area contributed by atoms with Crippen molar-refractivity contribution in [1.82, 2.24) is 10.2 Å². The Kier molecular flexibility index (Phi) is 4.96. The van der Waals surface area contributed by atoms with Gasteiger partial charge in [-0.15, -0.1) is 0 Å². The number of likely N-dealkylation sites (N-methyl/N-ethyl adjacent to an activating group) is 1. The Morgan fingerprint density at radius 3 is 2.85 bits per heavy atom. The van der Waals surface area contributed by atoms with E-state index in [0.29, 0.717) is 18.7 Å². The number of rotatable bonds is 5. The molecule has 2 unspecified atom stereocenters. The maximum atomic E-state index is 14.0. The third-order valence-electron chi connectivity index (χ3n) is 3.73. The number of anilines is 1. The van der Waals surface area contributed by atoms with E-state index in [1.54, 1.807) is 6.07 Å². The van der Waals surface area contributed by atoms with Gasteiger partial charge in [0.1, 0.15) is 5.82 Å². The summed E-state index contributed by atoms with van der Waals surface area (Å²) < 4.78 is 14.0. The van der Waals surface area contributed by atoms with Crippen molar-refractivity contribution in [3.05, 3.63) is 29.6 Å². The van der Waals surface area contributed by atoms with E-state index >= 15 is 0 Å². The molecule has 1 aliphatic heterocycles. The first-order chi connectivity index (χ1) is 9.52. The molecule has 2 atom stereocenters. The molecular weight excluding hydrogens is 257 g/mol. The number of nitrogens with zero attached hydrogens (tertiary/aromatic N) is 2. The molecule has 0 aromatic heterocycles. The van der Waals surface area contributed by atoms with Crippen LogP contribution in [0.15, 0.2) is 18.2 Å². The molecule has 4 nitrogen and oxygen atoms in total. The summed E-state index contributed by atoms with van der Waals surface area (Å²) in [6, 6.07) is 5.39. The zero-order chi connectivity index (χ0) is 14.7. The zero-order valence-electron chi connectivity index (χ0n) is 12.4. The second kappa shape index (κ2) is 6.52. The van der Waals surface area contributed by atoms with Gasteiger partial charge in [0.15, 0.2) is 0 Å². The van der Waals surface area contributed by atoms with E-state index in [2.05, 4.69) is 15.1 Å². The fourth-order valence-electron chi connectivity index (χ4n) is 2.95. The van der Waals surface area contributed by atoms with Crippen LogP contribution in [0.1, 0.15) is 12.0 Å². The number of hydrogen-bond acceptors (Lipinski definition) is 4. The van der Waals surface area contributed by atoms with Gasteiger partial charge in [-0.2, -0.15) is 0 Å². The van der Waals surface area contributed by atoms with E-state index in [1.807, 2.05) is 27.2 Å². The second-order valence-corrected chi connectivity index (χ2v) is 5.73. The van der Waals surface area contributed by atoms with E-state index in [0.717, 1.165) is 18.7 Å². The van der Waals surface area contributed by atoms with Gasteiger partial charge in [0.05, 0.1) is 6.10 Å². The fraction of sp³-hybridized carbons (Fsp3) is 0.600. The van der Waals surface area contributed by atoms with Gasteiger partial charge in [0.2, 0.25) is 0 Å². The van der Waals surface area contributed by atoms with Gasteiger partial charge >= 0.3 is 0 Å². The fourth-order valence-corrected chi connectivity index (χ4v) is 2.95. The first-order valence-electron chi connectivity index (χ1n) is 7.04. The topological polar surface area (TPSA) is 38.7 Å². The summed E-state index contributed by atoms with van der Waals surface area (Å²) in [5.74, 6) is -0.193. The summed E-state index contributed by atoms with van der Waals surface area (Å²) in [7, 11) is 5.85. The first-order valence-corrected chi connectivity index (χ1v) is 7.04. The highest BCUT2D eigenvalue weighted by Crippen LogP contribution is 2.30. The van der Waals surface area contributed by atoms with Gasteiger partial charge in [-0.05, 0) is 39.7 Å². The minimum Gasteiger partial charge on any atom is -0.391 e. The molecule has 1 saturated heterocycles. The summed E-state index contributed by atoms with van der Waals surface area (Å²) in [6.45, 7) is 1.91. The quantitative estimate of drug-likeness (QED) is 0.846. The third kappa shape index (κ3) is 3.29. The minimum absolute atomic E-state index is 0.193. The summed E-state index contributed by atoms with van der Waals surface area (Å²) in [4.78, 5) is 4.24. The Morgan fingerprint density at radius 2 is 2.20 bits per heavy atom. The number of aliphatic hydroxyl groups is 1. The second-order valence-electron chi connectivity index (χ2n) is 5.73. The van der Waals surface area contributed by atoms with Gasteiger partial charge in [0, 0.05) is 36.9 Å². The third-order valence-corrected chi connectivity index (χ3v) is 3.73. The number of halogens is 1. The van der Waals surface area contributed by atoms with Crippen molar-refractivity contribution in [3.63, 3.8) is 0 Å². The Bertz CT molecular complexity index is 453. The predicted octanol–water partition coefficient (Wildman–Crippen LogP) is 1.05. The van der Waals surface area contributed by atoms with Crippen molar-refractivity contribution < 1.29 is 9.50 Å². The van der Waals surface area contributed by atoms with Gasteiger partial charge in [-0.25, -0.2) is 4.39 Å². The van der Waals surface area contributed by atoms with Crippen LogP contribution < -0.4 is 10.2 Å². The van der Waals surface area contributed by atoms with Crippen LogP contribution in [0.3, 0.4) is 0 Å². The van der Waals surface area contributed by atoms with Crippen LogP contribution >= 0.6 is 0 Å². The van der Waals surface area contributed by atoms with Crippen LogP contribution in [-0.4, -0.2) is 56.4 Å². The molecule has 2 rings (SSSR count). The van der Waals surface area contributed by atoms with Gasteiger partial charge in [0.25, 0.3) is 0 Å². The standard InChI is InChI=1S/C15H24FN3O/c1-17-8-13-14(16)5-4-6-15(13)19-10-12(20)7-11(19)9-18(2)3/h4-6,11-12,17,20H,7-10H2,1-3H3. The van der Waals surface area contributed by atoms with Gasteiger partial charge in [-0.1, -0.05) is 6.07 Å². The molecule has 1 aliphatic rings. The molecule has 1 aromatic carbocycles. The number of aliphatic hydroxyl groups excluding tert-OH is 1. The minimum atomic E-state index is -0.342. The monoisotopic (exact) mass is 281 g/mol.